The number of fused-ring (bicyclic) bond motifs is 1. The number of phenolic OH excluding ortho intramolecular Hbond substituents is 1. The summed E-state index contributed by atoms with van der Waals surface area (Å²) in [4.78, 5) is 157. The van der Waals surface area contributed by atoms with Crippen molar-refractivity contribution in [2.24, 2.45) is 28.1 Å². The normalized spacial score (nSPS) is 16.6. The summed E-state index contributed by atoms with van der Waals surface area (Å²) in [6.07, 6.45) is -3.44. The van der Waals surface area contributed by atoms with Gasteiger partial charge in [-0.2, -0.15) is 0 Å². The van der Waals surface area contributed by atoms with Crippen LogP contribution in [0, 0.1) is 5.92 Å². The number of para-hydroxylation sites is 1. The largest absolute Gasteiger partial charge is 0.508 e. The highest BCUT2D eigenvalue weighted by Gasteiger charge is 2.44. The Labute approximate surface area is 516 Å². The summed E-state index contributed by atoms with van der Waals surface area (Å²) in [7, 11) is 1.47. The number of nitrogens with one attached hydrogen (secondary N) is 11. The minimum atomic E-state index is -1.94. The molecule has 0 saturated carbocycles. The van der Waals surface area contributed by atoms with Crippen molar-refractivity contribution in [1.29, 1.82) is 0 Å². The number of amides is 12. The molecule has 31 heteroatoms. The van der Waals surface area contributed by atoms with Gasteiger partial charge in [0.15, 0.2) is 5.96 Å². The number of carbonyl (C=O) groups is 11. The molecule has 0 unspecified atom stereocenters. The lowest BCUT2D eigenvalue weighted by Crippen LogP contribution is -2.62. The van der Waals surface area contributed by atoms with Gasteiger partial charge in [-0.05, 0) is 79.1 Å². The van der Waals surface area contributed by atoms with Gasteiger partial charge in [-0.1, -0.05) is 67.9 Å². The molecular weight excluding hydrogens is 1180 g/mol. The van der Waals surface area contributed by atoms with Crippen LogP contribution in [0.4, 0.5) is 9.18 Å². The predicted molar refractivity (Wildman–Crippen MR) is 324 cm³/mol. The third kappa shape index (κ3) is 22.0. The van der Waals surface area contributed by atoms with Gasteiger partial charge >= 0.3 is 6.03 Å². The fourth-order valence-electron chi connectivity index (χ4n) is 9.72. The van der Waals surface area contributed by atoms with E-state index in [-0.39, 0.29) is 62.7 Å². The SMILES string of the molecule is CN=C(N)NCCC[C@H](NC(=O)[C@H](CC(C)C)NC(=O)NNC(=O)[C@H](Cc1ccc(Cl)cc1)NC(=O)[C@@H](NC(=O)[C@H](CC(N)=O)NC(=O)[C@@H]1C[C@@H](F)CN1C(=O)[C@@H](Cc1ccc(O)cc1)NC(C)=O)[C@@H](C)O)C(=O)N[C@@H](Cc1c[nH]c2ccccc12)C(N)=O. The fourth-order valence-corrected chi connectivity index (χ4v) is 9.84. The van der Waals surface area contributed by atoms with E-state index in [9.17, 15) is 63.0 Å². The summed E-state index contributed by atoms with van der Waals surface area (Å²) in [5.41, 5.74) is 23.7. The second-order valence-electron chi connectivity index (χ2n) is 21.8. The third-order valence-corrected chi connectivity index (χ3v) is 14.5. The lowest BCUT2D eigenvalue weighted by atomic mass is 10.0. The van der Waals surface area contributed by atoms with Crippen molar-refractivity contribution in [3.8, 4) is 5.75 Å². The molecule has 0 spiro atoms. The van der Waals surface area contributed by atoms with E-state index in [1.54, 1.807) is 20.0 Å². The first-order chi connectivity index (χ1) is 42.1. The second-order valence-corrected chi connectivity index (χ2v) is 22.3. The van der Waals surface area contributed by atoms with Crippen molar-refractivity contribution < 1.29 is 67.3 Å². The van der Waals surface area contributed by atoms with E-state index in [0.717, 1.165) is 29.7 Å². The van der Waals surface area contributed by atoms with Crippen molar-refractivity contribution in [1.82, 2.24) is 63.3 Å². The maximum absolute atomic E-state index is 15.1. The highest BCUT2D eigenvalue weighted by molar-refractivity contribution is 6.30. The van der Waals surface area contributed by atoms with Gasteiger partial charge in [-0.25, -0.2) is 14.6 Å². The Bertz CT molecular complexity index is 3200. The number of aliphatic imine (C=N–C) groups is 1. The maximum Gasteiger partial charge on any atom is 0.334 e. The average molecular weight is 1260 g/mol. The quantitative estimate of drug-likeness (QED) is 0.0119. The number of H-pyrrole nitrogens is 1. The molecule has 1 fully saturated rings. The number of hydrazine groups is 1. The number of benzene rings is 3. The molecule has 12 amide bonds. The van der Waals surface area contributed by atoms with Gasteiger partial charge in [-0.3, -0.25) is 58.4 Å². The van der Waals surface area contributed by atoms with E-state index in [0.29, 0.717) is 21.7 Å². The predicted octanol–water partition coefficient (Wildman–Crippen LogP) is -1.78. The molecule has 1 aromatic heterocycles. The number of aromatic amines is 1. The van der Waals surface area contributed by atoms with Gasteiger partial charge in [0.05, 0.1) is 19.1 Å². The Balaban J connectivity index is 1.29. The molecule has 3 aromatic carbocycles. The highest BCUT2D eigenvalue weighted by Crippen LogP contribution is 2.24. The molecule has 1 aliphatic rings. The van der Waals surface area contributed by atoms with E-state index >= 15 is 4.39 Å². The summed E-state index contributed by atoms with van der Waals surface area (Å²) >= 11 is 6.11. The molecule has 4 aromatic rings. The van der Waals surface area contributed by atoms with Crippen LogP contribution in [-0.2, 0) is 67.2 Å². The summed E-state index contributed by atoms with van der Waals surface area (Å²) in [5, 5.41) is 41.9. The van der Waals surface area contributed by atoms with Crippen molar-refractivity contribution >= 4 is 93.6 Å². The van der Waals surface area contributed by atoms with Crippen LogP contribution >= 0.6 is 11.6 Å². The molecule has 89 heavy (non-hydrogen) atoms. The van der Waals surface area contributed by atoms with E-state index in [1.165, 1.54) is 55.6 Å². The monoisotopic (exact) mass is 1260 g/mol. The number of guanidine groups is 1. The number of carbonyl (C=O) groups excluding carboxylic acids is 11. The molecule has 482 valence electrons. The zero-order valence-corrected chi connectivity index (χ0v) is 50.5. The molecule has 0 aliphatic carbocycles. The summed E-state index contributed by atoms with van der Waals surface area (Å²) in [5.74, 6) is -9.92. The van der Waals surface area contributed by atoms with Crippen LogP contribution in [0.15, 0.2) is 84.0 Å². The van der Waals surface area contributed by atoms with E-state index in [1.807, 2.05) is 24.3 Å². The number of phenols is 1. The van der Waals surface area contributed by atoms with Crippen molar-refractivity contribution in [2.45, 2.75) is 140 Å². The highest BCUT2D eigenvalue weighted by atomic mass is 35.5. The number of hydrogen-bond acceptors (Lipinski definition) is 14. The molecule has 0 radical (unpaired) electrons. The van der Waals surface area contributed by atoms with Crippen molar-refractivity contribution in [2.75, 3.05) is 20.1 Å². The average Bonchev–Trinajstić information content (AvgIpc) is 3.84. The number of aliphatic hydroxyl groups excluding tert-OH is 1. The first-order valence-electron chi connectivity index (χ1n) is 28.5. The smallest absolute Gasteiger partial charge is 0.334 e. The Hall–Kier alpha value is -9.58. The minimum Gasteiger partial charge on any atom is -0.508 e. The molecule has 1 aliphatic heterocycles. The Morgan fingerprint density at radius 2 is 1.31 bits per heavy atom. The molecule has 5 rings (SSSR count). The summed E-state index contributed by atoms with van der Waals surface area (Å²) in [6, 6.07) is 5.68. The number of nitrogens with two attached hydrogens (primary N) is 3. The Morgan fingerprint density at radius 3 is 1.93 bits per heavy atom. The van der Waals surface area contributed by atoms with Crippen LogP contribution in [0.3, 0.4) is 0 Å². The number of rotatable bonds is 30. The Morgan fingerprint density at radius 1 is 0.708 bits per heavy atom. The number of aromatic nitrogens is 1. The number of primary amides is 2. The lowest BCUT2D eigenvalue weighted by Gasteiger charge is -2.30. The molecule has 10 atom stereocenters. The van der Waals surface area contributed by atoms with E-state index < -0.39 is 145 Å². The zero-order valence-electron chi connectivity index (χ0n) is 49.7. The van der Waals surface area contributed by atoms with E-state index in [2.05, 4.69) is 63.4 Å². The number of hydrogen-bond donors (Lipinski definition) is 16. The zero-order chi connectivity index (χ0) is 65.6. The lowest BCUT2D eigenvalue weighted by molar-refractivity contribution is -0.142. The molecular formula is C58H78ClFN16O13. The number of nitrogens with zero attached hydrogens (tertiary/aromatic N) is 2. The van der Waals surface area contributed by atoms with Gasteiger partial charge in [0.2, 0.25) is 53.2 Å². The molecule has 0 bridgehead atoms. The molecule has 1 saturated heterocycles. The number of urea groups is 1. The van der Waals surface area contributed by atoms with E-state index in [4.69, 9.17) is 28.8 Å². The summed E-state index contributed by atoms with van der Waals surface area (Å²) in [6.45, 7) is 5.38. The van der Waals surface area contributed by atoms with Gasteiger partial charge in [0.25, 0.3) is 5.91 Å². The van der Waals surface area contributed by atoms with Crippen molar-refractivity contribution in [3.05, 3.63) is 101 Å². The minimum absolute atomic E-state index is 0.000639. The van der Waals surface area contributed by atoms with Crippen LogP contribution < -0.4 is 70.6 Å². The number of likely N-dealkylation sites (tertiary alicyclic amines) is 1. The van der Waals surface area contributed by atoms with Crippen LogP contribution in [-0.4, -0.2) is 172 Å². The molecule has 2 heterocycles. The number of aliphatic hydroxyl groups is 1. The van der Waals surface area contributed by atoms with Crippen LogP contribution in [0.1, 0.15) is 76.5 Å². The van der Waals surface area contributed by atoms with Crippen LogP contribution in [0.2, 0.25) is 5.02 Å². The van der Waals surface area contributed by atoms with Gasteiger partial charge in [0, 0.05) is 68.3 Å². The summed E-state index contributed by atoms with van der Waals surface area (Å²) < 4.78 is 15.1. The first-order valence-corrected chi connectivity index (χ1v) is 28.9. The second kappa shape index (κ2) is 33.5. The fraction of sp³-hybridized carbons (Fsp3) is 0.448. The maximum atomic E-state index is 15.1. The van der Waals surface area contributed by atoms with Crippen LogP contribution in [0.25, 0.3) is 10.9 Å². The number of alkyl halides is 1. The first kappa shape index (κ1) is 70.2. The number of halogens is 2. The molecule has 19 N–H and O–H groups in total. The van der Waals surface area contributed by atoms with Gasteiger partial charge < -0.3 is 79.8 Å². The van der Waals surface area contributed by atoms with Crippen LogP contribution in [0.5, 0.6) is 5.75 Å². The Kier molecular flexibility index (Phi) is 26.4. The third-order valence-electron chi connectivity index (χ3n) is 14.2. The van der Waals surface area contributed by atoms with Gasteiger partial charge in [-0.15, -0.1) is 0 Å². The van der Waals surface area contributed by atoms with Gasteiger partial charge in [0.1, 0.15) is 60.3 Å². The van der Waals surface area contributed by atoms with Crippen molar-refractivity contribution in [3.63, 3.8) is 0 Å². The standard InChI is InChI=1S/C58H78ClFN16O13/c1-29(2)21-42(51(83)68-40(11-8-20-65-57(63)64-5)50(82)69-41(49(62)81)24-34-27-66-39-10-7-6-9-38(34)39)72-58(89)75-74-53(85)43(22-32-12-16-35(59)17-13-32)71-55(87)48(30(3)77)73-52(84)44(26-47(61)80)70-54(86)46-25-36(60)28-76(46)56(88)45(67-31(4)78)23-33-14-18-37(79)19-15-33/h6-7,9-10,12-19,27,29-30,36,40-46,48,66,77,79H,8,11,20-26,28H2,1-5H3,(H2,61,80)(H2,62,81)(H,67,78)(H,68,83)(H,69,82)(H,70,86)(H,71,87)(H,73,84)(H,74,85)(H3,63,64,65)(H2,72,75,89)/t30-,36-,40+,41+,42+,43+,44+,45-,46+,48+/m1/s1. The molecule has 29 nitrogen and oxygen atoms in total. The topological polar surface area (TPSA) is 458 Å². The number of aromatic hydroxyl groups is 1.